The van der Waals surface area contributed by atoms with Gasteiger partial charge in [-0.25, -0.2) is 4.79 Å². The van der Waals surface area contributed by atoms with Gasteiger partial charge in [-0.1, -0.05) is 12.8 Å². The number of morpholine rings is 1. The monoisotopic (exact) mass is 296 g/mol. The molecule has 1 aliphatic carbocycles. The molecule has 3 fully saturated rings. The van der Waals surface area contributed by atoms with Gasteiger partial charge in [0.25, 0.3) is 0 Å². The topological polar surface area (TPSA) is 70.1 Å². The van der Waals surface area contributed by atoms with E-state index in [0.29, 0.717) is 13.2 Å². The number of amides is 1. The predicted octanol–water partition coefficient (Wildman–Crippen LogP) is 0.707. The standard InChI is InChI=1S/C15H24N2O4/c18-13(19)12-11-16(9-10-21-12)14(20)15(5-1-2-6-15)17-7-3-4-8-17/h12H,1-11H2,(H,18,19)/t12-/m0/s1. The van der Waals surface area contributed by atoms with Gasteiger partial charge in [0.05, 0.1) is 13.2 Å². The van der Waals surface area contributed by atoms with Crippen molar-refractivity contribution in [3.8, 4) is 0 Å². The minimum Gasteiger partial charge on any atom is -0.479 e. The van der Waals surface area contributed by atoms with Crippen molar-refractivity contribution < 1.29 is 19.4 Å². The summed E-state index contributed by atoms with van der Waals surface area (Å²) >= 11 is 0. The van der Waals surface area contributed by atoms with Crippen LogP contribution in [0.3, 0.4) is 0 Å². The van der Waals surface area contributed by atoms with E-state index in [0.717, 1.165) is 51.6 Å². The minimum atomic E-state index is -0.978. The van der Waals surface area contributed by atoms with E-state index in [1.165, 1.54) is 0 Å². The molecule has 21 heavy (non-hydrogen) atoms. The van der Waals surface area contributed by atoms with E-state index in [1.54, 1.807) is 4.90 Å². The molecule has 1 N–H and O–H groups in total. The van der Waals surface area contributed by atoms with Gasteiger partial charge in [0.2, 0.25) is 5.91 Å². The van der Waals surface area contributed by atoms with Crippen molar-refractivity contribution in [2.24, 2.45) is 0 Å². The lowest BCUT2D eigenvalue weighted by Crippen LogP contribution is -2.60. The van der Waals surface area contributed by atoms with Crippen LogP contribution in [-0.2, 0) is 14.3 Å². The fourth-order valence-electron chi connectivity index (χ4n) is 4.05. The highest BCUT2D eigenvalue weighted by Crippen LogP contribution is 2.39. The van der Waals surface area contributed by atoms with Crippen LogP contribution in [0.5, 0.6) is 0 Å². The maximum atomic E-state index is 13.1. The quantitative estimate of drug-likeness (QED) is 0.830. The normalized spacial score (nSPS) is 29.7. The average Bonchev–Trinajstić information content (AvgIpc) is 3.18. The molecule has 1 saturated carbocycles. The highest BCUT2D eigenvalue weighted by molar-refractivity contribution is 5.87. The van der Waals surface area contributed by atoms with Crippen molar-refractivity contribution in [2.75, 3.05) is 32.8 Å². The molecule has 1 atom stereocenters. The number of hydrogen-bond acceptors (Lipinski definition) is 4. The number of carbonyl (C=O) groups is 2. The second-order valence-corrected chi connectivity index (χ2v) is 6.38. The number of carboxylic acids is 1. The number of nitrogens with zero attached hydrogens (tertiary/aromatic N) is 2. The predicted molar refractivity (Wildman–Crippen MR) is 76.0 cm³/mol. The Bertz CT molecular complexity index is 414. The summed E-state index contributed by atoms with van der Waals surface area (Å²) < 4.78 is 5.23. The van der Waals surface area contributed by atoms with Crippen LogP contribution in [0, 0.1) is 0 Å². The zero-order valence-corrected chi connectivity index (χ0v) is 12.4. The molecule has 2 aliphatic heterocycles. The Morgan fingerprint density at radius 1 is 1.05 bits per heavy atom. The zero-order chi connectivity index (χ0) is 14.9. The molecule has 0 aromatic rings. The third kappa shape index (κ3) is 2.66. The lowest BCUT2D eigenvalue weighted by Gasteiger charge is -2.42. The van der Waals surface area contributed by atoms with E-state index in [2.05, 4.69) is 4.90 Å². The summed E-state index contributed by atoms with van der Waals surface area (Å²) in [5.41, 5.74) is -0.364. The first-order valence-corrected chi connectivity index (χ1v) is 8.02. The fraction of sp³-hybridized carbons (Fsp3) is 0.867. The van der Waals surface area contributed by atoms with Crippen molar-refractivity contribution in [2.45, 2.75) is 50.2 Å². The maximum Gasteiger partial charge on any atom is 0.334 e. The van der Waals surface area contributed by atoms with Crippen molar-refractivity contribution in [1.82, 2.24) is 9.80 Å². The van der Waals surface area contributed by atoms with Gasteiger partial charge in [-0.3, -0.25) is 9.69 Å². The summed E-state index contributed by atoms with van der Waals surface area (Å²) in [4.78, 5) is 28.3. The zero-order valence-electron chi connectivity index (χ0n) is 12.4. The molecular weight excluding hydrogens is 272 g/mol. The number of carbonyl (C=O) groups excluding carboxylic acids is 1. The van der Waals surface area contributed by atoms with Crippen LogP contribution in [0.15, 0.2) is 0 Å². The van der Waals surface area contributed by atoms with E-state index in [9.17, 15) is 9.59 Å². The smallest absolute Gasteiger partial charge is 0.334 e. The van der Waals surface area contributed by atoms with Gasteiger partial charge in [0, 0.05) is 6.54 Å². The summed E-state index contributed by atoms with van der Waals surface area (Å²) in [6, 6.07) is 0. The number of hydrogen-bond donors (Lipinski definition) is 1. The number of aliphatic carboxylic acids is 1. The van der Waals surface area contributed by atoms with Gasteiger partial charge >= 0.3 is 5.97 Å². The van der Waals surface area contributed by atoms with E-state index in [1.807, 2.05) is 0 Å². The SMILES string of the molecule is O=C(O)[C@@H]1CN(C(=O)C2(N3CCCC3)CCCC2)CCO1. The van der Waals surface area contributed by atoms with Crippen LogP contribution in [-0.4, -0.2) is 71.2 Å². The fourth-order valence-corrected chi connectivity index (χ4v) is 4.05. The van der Waals surface area contributed by atoms with Gasteiger partial charge in [-0.15, -0.1) is 0 Å². The highest BCUT2D eigenvalue weighted by Gasteiger charge is 2.49. The number of ether oxygens (including phenoxy) is 1. The van der Waals surface area contributed by atoms with Crippen LogP contribution in [0.1, 0.15) is 38.5 Å². The van der Waals surface area contributed by atoms with Gasteiger partial charge in [0.1, 0.15) is 5.54 Å². The molecule has 1 amide bonds. The van der Waals surface area contributed by atoms with E-state index in [4.69, 9.17) is 9.84 Å². The molecule has 3 aliphatic rings. The summed E-state index contributed by atoms with van der Waals surface area (Å²) in [6.07, 6.45) is 5.47. The largest absolute Gasteiger partial charge is 0.479 e. The number of likely N-dealkylation sites (tertiary alicyclic amines) is 1. The molecule has 0 unspecified atom stereocenters. The van der Waals surface area contributed by atoms with Gasteiger partial charge in [-0.2, -0.15) is 0 Å². The summed E-state index contributed by atoms with van der Waals surface area (Å²) in [5.74, 6) is -0.842. The lowest BCUT2D eigenvalue weighted by molar-refractivity contribution is -0.163. The molecule has 3 rings (SSSR count). The second kappa shape index (κ2) is 5.93. The van der Waals surface area contributed by atoms with Crippen molar-refractivity contribution in [1.29, 1.82) is 0 Å². The highest BCUT2D eigenvalue weighted by atomic mass is 16.5. The van der Waals surface area contributed by atoms with Crippen LogP contribution in [0.4, 0.5) is 0 Å². The Hall–Kier alpha value is -1.14. The van der Waals surface area contributed by atoms with Crippen molar-refractivity contribution >= 4 is 11.9 Å². The van der Waals surface area contributed by atoms with E-state index < -0.39 is 12.1 Å². The molecule has 0 aromatic carbocycles. The first-order chi connectivity index (χ1) is 10.1. The Balaban J connectivity index is 1.76. The molecule has 0 spiro atoms. The Kier molecular flexibility index (Phi) is 4.17. The van der Waals surface area contributed by atoms with Crippen LogP contribution in [0.2, 0.25) is 0 Å². The first kappa shape index (κ1) is 14.8. The molecular formula is C15H24N2O4. The Morgan fingerprint density at radius 2 is 1.71 bits per heavy atom. The molecule has 118 valence electrons. The molecule has 2 heterocycles. The summed E-state index contributed by atoms with van der Waals surface area (Å²) in [5, 5.41) is 9.11. The van der Waals surface area contributed by atoms with Crippen molar-refractivity contribution in [3.63, 3.8) is 0 Å². The number of carboxylic acid groups (broad SMARTS) is 1. The first-order valence-electron chi connectivity index (χ1n) is 8.02. The Morgan fingerprint density at radius 3 is 2.33 bits per heavy atom. The third-order valence-electron chi connectivity index (χ3n) is 5.17. The van der Waals surface area contributed by atoms with Gasteiger partial charge < -0.3 is 14.7 Å². The third-order valence-corrected chi connectivity index (χ3v) is 5.17. The minimum absolute atomic E-state index is 0.136. The molecule has 6 heteroatoms. The van der Waals surface area contributed by atoms with E-state index in [-0.39, 0.29) is 18.0 Å². The van der Waals surface area contributed by atoms with Crippen molar-refractivity contribution in [3.05, 3.63) is 0 Å². The molecule has 0 bridgehead atoms. The Labute approximate surface area is 125 Å². The van der Waals surface area contributed by atoms with Gasteiger partial charge in [0.15, 0.2) is 6.10 Å². The molecule has 0 aromatic heterocycles. The molecule has 0 radical (unpaired) electrons. The summed E-state index contributed by atoms with van der Waals surface area (Å²) in [7, 11) is 0. The van der Waals surface area contributed by atoms with Gasteiger partial charge in [-0.05, 0) is 38.8 Å². The van der Waals surface area contributed by atoms with Crippen LogP contribution in [0.25, 0.3) is 0 Å². The lowest BCUT2D eigenvalue weighted by atomic mass is 9.92. The van der Waals surface area contributed by atoms with E-state index >= 15 is 0 Å². The van der Waals surface area contributed by atoms with Crippen LogP contribution < -0.4 is 0 Å². The maximum absolute atomic E-state index is 13.1. The average molecular weight is 296 g/mol. The molecule has 6 nitrogen and oxygen atoms in total. The summed E-state index contributed by atoms with van der Waals surface area (Å²) in [6.45, 7) is 3.01. The second-order valence-electron chi connectivity index (χ2n) is 6.38. The van der Waals surface area contributed by atoms with Crippen LogP contribution >= 0.6 is 0 Å². The molecule has 2 saturated heterocycles. The number of rotatable bonds is 3.